The summed E-state index contributed by atoms with van der Waals surface area (Å²) >= 11 is 0. The molecule has 0 aromatic heterocycles. The molecule has 0 amide bonds. The number of ether oxygens (including phenoxy) is 1. The molecule has 2 atom stereocenters. The predicted octanol–water partition coefficient (Wildman–Crippen LogP) is -0.793. The number of nitrogens with two attached hydrogens (primary N) is 1. The minimum atomic E-state index is -1.11. The summed E-state index contributed by atoms with van der Waals surface area (Å²) < 4.78 is 4.26. The van der Waals surface area contributed by atoms with Gasteiger partial charge in [0.1, 0.15) is 6.04 Å². The minimum Gasteiger partial charge on any atom is -0.481 e. The third-order valence-electron chi connectivity index (χ3n) is 1.40. The van der Waals surface area contributed by atoms with E-state index in [0.717, 1.165) is 7.11 Å². The van der Waals surface area contributed by atoms with Crippen LogP contribution in [0.1, 0.15) is 6.92 Å². The first kappa shape index (κ1) is 9.90. The topological polar surface area (TPSA) is 89.6 Å². The average molecular weight is 161 g/mol. The second-order valence-electron chi connectivity index (χ2n) is 2.18. The molecule has 0 aliphatic heterocycles. The van der Waals surface area contributed by atoms with Gasteiger partial charge in [0.15, 0.2) is 0 Å². The van der Waals surface area contributed by atoms with Gasteiger partial charge in [-0.15, -0.1) is 0 Å². The van der Waals surface area contributed by atoms with Crippen LogP contribution in [0.4, 0.5) is 0 Å². The van der Waals surface area contributed by atoms with Gasteiger partial charge in [-0.3, -0.25) is 9.59 Å². The second-order valence-corrected chi connectivity index (χ2v) is 2.18. The molecular formula is C6H11NO4. The van der Waals surface area contributed by atoms with Crippen LogP contribution in [0.25, 0.3) is 0 Å². The lowest BCUT2D eigenvalue weighted by molar-refractivity contribution is -0.151. The molecule has 0 aliphatic rings. The molecule has 0 bridgehead atoms. The summed E-state index contributed by atoms with van der Waals surface area (Å²) in [7, 11) is 1.16. The number of methoxy groups -OCH3 is 1. The van der Waals surface area contributed by atoms with E-state index in [1.807, 2.05) is 0 Å². The number of aliphatic carboxylic acids is 1. The molecule has 3 N–H and O–H groups in total. The van der Waals surface area contributed by atoms with Gasteiger partial charge in [-0.05, 0) is 6.92 Å². The molecule has 64 valence electrons. The third-order valence-corrected chi connectivity index (χ3v) is 1.40. The number of hydrogen-bond acceptors (Lipinski definition) is 4. The third kappa shape index (κ3) is 2.55. The first-order chi connectivity index (χ1) is 5.00. The quantitative estimate of drug-likeness (QED) is 0.529. The highest BCUT2D eigenvalue weighted by molar-refractivity contribution is 5.83. The van der Waals surface area contributed by atoms with Crippen LogP contribution in [0, 0.1) is 5.92 Å². The Labute approximate surface area is 64.1 Å². The Morgan fingerprint density at radius 1 is 1.55 bits per heavy atom. The molecule has 11 heavy (non-hydrogen) atoms. The monoisotopic (exact) mass is 161 g/mol. The van der Waals surface area contributed by atoms with Crippen LogP contribution in [0.3, 0.4) is 0 Å². The molecule has 0 rings (SSSR count). The highest BCUT2D eigenvalue weighted by Gasteiger charge is 2.26. The molecule has 0 radical (unpaired) electrons. The molecule has 0 saturated carbocycles. The molecule has 0 aromatic rings. The lowest BCUT2D eigenvalue weighted by atomic mass is 10.0. The summed E-state index contributed by atoms with van der Waals surface area (Å²) in [6, 6.07) is -1.09. The highest BCUT2D eigenvalue weighted by atomic mass is 16.5. The van der Waals surface area contributed by atoms with E-state index in [-0.39, 0.29) is 0 Å². The number of rotatable bonds is 3. The molecule has 0 unspecified atom stereocenters. The summed E-state index contributed by atoms with van der Waals surface area (Å²) in [4.78, 5) is 20.9. The first-order valence-electron chi connectivity index (χ1n) is 3.07. The zero-order valence-electron chi connectivity index (χ0n) is 6.40. The highest BCUT2D eigenvalue weighted by Crippen LogP contribution is 2.01. The molecule has 5 heteroatoms. The number of carboxylic acids is 1. The number of hydrogen-bond donors (Lipinski definition) is 2. The van der Waals surface area contributed by atoms with Crippen molar-refractivity contribution in [2.24, 2.45) is 11.7 Å². The maximum absolute atomic E-state index is 10.6. The zero-order valence-corrected chi connectivity index (χ0v) is 6.40. The Kier molecular flexibility index (Phi) is 3.53. The van der Waals surface area contributed by atoms with E-state index in [1.54, 1.807) is 0 Å². The van der Waals surface area contributed by atoms with Crippen molar-refractivity contribution in [3.05, 3.63) is 0 Å². The molecular weight excluding hydrogens is 150 g/mol. The molecule has 0 saturated heterocycles. The molecule has 0 aliphatic carbocycles. The van der Waals surface area contributed by atoms with Crippen LogP contribution in [0.15, 0.2) is 0 Å². The fourth-order valence-corrected chi connectivity index (χ4v) is 0.494. The standard InChI is InChI=1S/C6H11NO4/c1-3(5(8)9)4(7)6(10)11-2/h3-4H,7H2,1-2H3,(H,8,9)/t3-,4-/m0/s1. The van der Waals surface area contributed by atoms with Crippen molar-refractivity contribution in [2.45, 2.75) is 13.0 Å². The van der Waals surface area contributed by atoms with Crippen molar-refractivity contribution in [2.75, 3.05) is 7.11 Å². The van der Waals surface area contributed by atoms with Crippen LogP contribution in [0.5, 0.6) is 0 Å². The van der Waals surface area contributed by atoms with Gasteiger partial charge in [-0.2, -0.15) is 0 Å². The maximum atomic E-state index is 10.6. The van der Waals surface area contributed by atoms with E-state index >= 15 is 0 Å². The van der Waals surface area contributed by atoms with Crippen molar-refractivity contribution in [3.63, 3.8) is 0 Å². The van der Waals surface area contributed by atoms with E-state index in [0.29, 0.717) is 0 Å². The maximum Gasteiger partial charge on any atom is 0.323 e. The molecule has 0 spiro atoms. The van der Waals surface area contributed by atoms with E-state index in [2.05, 4.69) is 4.74 Å². The Bertz CT molecular complexity index is 168. The van der Waals surface area contributed by atoms with Gasteiger partial charge in [-0.1, -0.05) is 0 Å². The van der Waals surface area contributed by atoms with Gasteiger partial charge >= 0.3 is 11.9 Å². The van der Waals surface area contributed by atoms with Crippen LogP contribution in [0.2, 0.25) is 0 Å². The summed E-state index contributed by atoms with van der Waals surface area (Å²) in [6.45, 7) is 1.35. The minimum absolute atomic E-state index is 0.708. The second kappa shape index (κ2) is 3.92. The van der Waals surface area contributed by atoms with Gasteiger partial charge in [0.2, 0.25) is 0 Å². The summed E-state index contributed by atoms with van der Waals surface area (Å²) in [5, 5.41) is 8.41. The molecule has 5 nitrogen and oxygen atoms in total. The molecule has 0 aromatic carbocycles. The predicted molar refractivity (Wildman–Crippen MR) is 36.8 cm³/mol. The van der Waals surface area contributed by atoms with Crippen molar-refractivity contribution in [1.29, 1.82) is 0 Å². The van der Waals surface area contributed by atoms with E-state index in [1.165, 1.54) is 6.92 Å². The Morgan fingerprint density at radius 3 is 2.27 bits per heavy atom. The van der Waals surface area contributed by atoms with Crippen molar-refractivity contribution in [3.8, 4) is 0 Å². The first-order valence-corrected chi connectivity index (χ1v) is 3.07. The summed E-state index contributed by atoms with van der Waals surface area (Å²) in [5.74, 6) is -2.73. The van der Waals surface area contributed by atoms with Gasteiger partial charge in [-0.25, -0.2) is 0 Å². The van der Waals surface area contributed by atoms with Gasteiger partial charge in [0, 0.05) is 0 Å². The van der Waals surface area contributed by atoms with Gasteiger partial charge in [0.05, 0.1) is 13.0 Å². The summed E-state index contributed by atoms with van der Waals surface area (Å²) in [5.41, 5.74) is 5.22. The Balaban J connectivity index is 4.12. The smallest absolute Gasteiger partial charge is 0.323 e. The van der Waals surface area contributed by atoms with Crippen molar-refractivity contribution >= 4 is 11.9 Å². The number of carboxylic acid groups (broad SMARTS) is 1. The van der Waals surface area contributed by atoms with E-state index in [9.17, 15) is 9.59 Å². The van der Waals surface area contributed by atoms with Crippen LogP contribution < -0.4 is 5.73 Å². The molecule has 0 heterocycles. The largest absolute Gasteiger partial charge is 0.481 e. The van der Waals surface area contributed by atoms with Crippen LogP contribution in [-0.2, 0) is 14.3 Å². The molecule has 0 fully saturated rings. The van der Waals surface area contributed by atoms with Crippen molar-refractivity contribution < 1.29 is 19.4 Å². The fourth-order valence-electron chi connectivity index (χ4n) is 0.494. The van der Waals surface area contributed by atoms with Gasteiger partial charge < -0.3 is 15.6 Å². The zero-order chi connectivity index (χ0) is 9.02. The van der Waals surface area contributed by atoms with E-state index in [4.69, 9.17) is 10.8 Å². The summed E-state index contributed by atoms with van der Waals surface area (Å²) in [6.07, 6.45) is 0. The van der Waals surface area contributed by atoms with Crippen molar-refractivity contribution in [1.82, 2.24) is 0 Å². The van der Waals surface area contributed by atoms with Gasteiger partial charge in [0.25, 0.3) is 0 Å². The lowest BCUT2D eigenvalue weighted by Crippen LogP contribution is -2.41. The lowest BCUT2D eigenvalue weighted by Gasteiger charge is -2.12. The average Bonchev–Trinajstić information content (AvgIpc) is 2.00. The fraction of sp³-hybridized carbons (Fsp3) is 0.667. The SMILES string of the molecule is COC(=O)[C@@H](N)[C@H](C)C(=O)O. The number of carbonyl (C=O) groups excluding carboxylic acids is 1. The Hall–Kier alpha value is -1.10. The van der Waals surface area contributed by atoms with E-state index < -0.39 is 23.9 Å². The number of carbonyl (C=O) groups is 2. The Morgan fingerprint density at radius 2 is 2.00 bits per heavy atom. The van der Waals surface area contributed by atoms with Crippen LogP contribution in [-0.4, -0.2) is 30.2 Å². The normalized spacial score (nSPS) is 15.2. The van der Waals surface area contributed by atoms with Crippen LogP contribution >= 0.6 is 0 Å². The number of esters is 1.